The summed E-state index contributed by atoms with van der Waals surface area (Å²) in [6.07, 6.45) is -4.26. The predicted octanol–water partition coefficient (Wildman–Crippen LogP) is 1.86. The van der Waals surface area contributed by atoms with Crippen molar-refractivity contribution < 1.29 is 27.4 Å². The van der Waals surface area contributed by atoms with Crippen LogP contribution in [0.5, 0.6) is 0 Å². The van der Waals surface area contributed by atoms with E-state index in [0.29, 0.717) is 26.1 Å². The van der Waals surface area contributed by atoms with Crippen molar-refractivity contribution in [3.63, 3.8) is 0 Å². The van der Waals surface area contributed by atoms with Crippen LogP contribution in [0.2, 0.25) is 0 Å². The number of carbonyl (C=O) groups is 1. The molecule has 19 heavy (non-hydrogen) atoms. The third kappa shape index (κ3) is 4.07. The standard InChI is InChI=1S/C12H22F3N2O2/c1-9(2)10(3)17(7-4-5-16-6-8-17)19-11(18)12(13,14)15/h9-10,16H,4-8H2,1-3H3/q+1. The highest BCUT2D eigenvalue weighted by Crippen LogP contribution is 2.27. The van der Waals surface area contributed by atoms with Crippen LogP contribution in [0, 0.1) is 5.92 Å². The molecule has 0 aromatic heterocycles. The highest BCUT2D eigenvalue weighted by molar-refractivity contribution is 5.74. The maximum absolute atomic E-state index is 12.4. The van der Waals surface area contributed by atoms with Crippen molar-refractivity contribution in [2.45, 2.75) is 39.4 Å². The fourth-order valence-corrected chi connectivity index (χ4v) is 2.32. The number of hydrogen-bond donors (Lipinski definition) is 1. The normalized spacial score (nSPS) is 26.9. The van der Waals surface area contributed by atoms with Crippen LogP contribution >= 0.6 is 0 Å². The van der Waals surface area contributed by atoms with Crippen molar-refractivity contribution in [2.75, 3.05) is 26.2 Å². The van der Waals surface area contributed by atoms with E-state index in [1.54, 1.807) is 0 Å². The zero-order chi connectivity index (χ0) is 14.7. The molecule has 1 aliphatic rings. The molecule has 0 aromatic rings. The van der Waals surface area contributed by atoms with Gasteiger partial charge in [-0.1, -0.05) is 13.8 Å². The number of hydroxylamine groups is 3. The Morgan fingerprint density at radius 1 is 1.21 bits per heavy atom. The van der Waals surface area contributed by atoms with Crippen LogP contribution in [-0.4, -0.2) is 49.0 Å². The Balaban J connectivity index is 2.94. The van der Waals surface area contributed by atoms with Crippen molar-refractivity contribution in [3.8, 4) is 0 Å². The lowest BCUT2D eigenvalue weighted by molar-refractivity contribution is -1.11. The van der Waals surface area contributed by atoms with Crippen LogP contribution in [0.25, 0.3) is 0 Å². The molecule has 112 valence electrons. The average Bonchev–Trinajstić information content (AvgIpc) is 2.53. The number of alkyl halides is 3. The molecule has 2 atom stereocenters. The number of halogens is 3. The SMILES string of the molecule is CC(C)C(C)[N+]1(OC(=O)C(F)(F)F)CCCNCC1. The van der Waals surface area contributed by atoms with Gasteiger partial charge in [0.25, 0.3) is 0 Å². The van der Waals surface area contributed by atoms with Gasteiger partial charge in [-0.05, 0) is 6.92 Å². The number of nitrogens with one attached hydrogen (secondary N) is 1. The topological polar surface area (TPSA) is 38.3 Å². The number of quaternary nitrogens is 1. The number of carbonyl (C=O) groups excluding carboxylic acids is 1. The highest BCUT2D eigenvalue weighted by Gasteiger charge is 2.50. The minimum atomic E-state index is -4.94. The lowest BCUT2D eigenvalue weighted by Crippen LogP contribution is -2.59. The van der Waals surface area contributed by atoms with E-state index >= 15 is 0 Å². The Bertz CT molecular complexity index is 311. The predicted molar refractivity (Wildman–Crippen MR) is 63.9 cm³/mol. The molecule has 7 heteroatoms. The number of hydrogen-bond acceptors (Lipinski definition) is 3. The number of rotatable bonds is 3. The summed E-state index contributed by atoms with van der Waals surface area (Å²) in [5, 5.41) is 3.12. The molecular weight excluding hydrogens is 261 g/mol. The van der Waals surface area contributed by atoms with Crippen LogP contribution in [-0.2, 0) is 9.63 Å². The van der Waals surface area contributed by atoms with Gasteiger partial charge in [-0.25, -0.2) is 4.79 Å². The summed E-state index contributed by atoms with van der Waals surface area (Å²) < 4.78 is 37.1. The maximum atomic E-state index is 12.4. The lowest BCUT2D eigenvalue weighted by atomic mass is 10.0. The van der Waals surface area contributed by atoms with E-state index < -0.39 is 12.1 Å². The molecule has 1 aliphatic heterocycles. The van der Waals surface area contributed by atoms with Crippen molar-refractivity contribution in [1.29, 1.82) is 0 Å². The van der Waals surface area contributed by atoms with Gasteiger partial charge in [0.1, 0.15) is 19.1 Å². The van der Waals surface area contributed by atoms with E-state index in [0.717, 1.165) is 6.54 Å². The highest BCUT2D eigenvalue weighted by atomic mass is 19.4. The van der Waals surface area contributed by atoms with E-state index in [9.17, 15) is 18.0 Å². The van der Waals surface area contributed by atoms with Gasteiger partial charge in [0.05, 0.1) is 0 Å². The van der Waals surface area contributed by atoms with E-state index in [-0.39, 0.29) is 16.6 Å². The van der Waals surface area contributed by atoms with Gasteiger partial charge in [-0.2, -0.15) is 13.2 Å². The quantitative estimate of drug-likeness (QED) is 0.804. The van der Waals surface area contributed by atoms with Crippen molar-refractivity contribution in [2.24, 2.45) is 5.92 Å². The van der Waals surface area contributed by atoms with Crippen LogP contribution in [0.15, 0.2) is 0 Å². The zero-order valence-corrected chi connectivity index (χ0v) is 11.6. The molecule has 1 heterocycles. The molecule has 0 aliphatic carbocycles. The summed E-state index contributed by atoms with van der Waals surface area (Å²) in [5.41, 5.74) is 0. The molecule has 0 radical (unpaired) electrons. The van der Waals surface area contributed by atoms with Crippen molar-refractivity contribution in [1.82, 2.24) is 5.32 Å². The summed E-state index contributed by atoms with van der Waals surface area (Å²) in [6.45, 7) is 7.72. The molecule has 0 amide bonds. The average molecular weight is 283 g/mol. The van der Waals surface area contributed by atoms with Gasteiger partial charge in [0.2, 0.25) is 0 Å². The van der Waals surface area contributed by atoms with E-state index in [1.165, 1.54) is 0 Å². The summed E-state index contributed by atoms with van der Waals surface area (Å²) in [5.74, 6) is -1.97. The largest absolute Gasteiger partial charge is 0.497 e. The van der Waals surface area contributed by atoms with Crippen LogP contribution in [0.4, 0.5) is 13.2 Å². The first kappa shape index (κ1) is 16.2. The molecule has 0 bridgehead atoms. The second kappa shape index (κ2) is 6.09. The Kier molecular flexibility index (Phi) is 5.20. The Hall–Kier alpha value is -0.820. The molecule has 0 spiro atoms. The van der Waals surface area contributed by atoms with Gasteiger partial charge >= 0.3 is 12.1 Å². The first-order valence-electron chi connectivity index (χ1n) is 6.57. The summed E-state index contributed by atoms with van der Waals surface area (Å²) in [6, 6.07) is -0.175. The molecule has 4 nitrogen and oxygen atoms in total. The summed E-state index contributed by atoms with van der Waals surface area (Å²) in [4.78, 5) is 16.1. The number of nitrogens with zero attached hydrogens (tertiary/aromatic N) is 1. The van der Waals surface area contributed by atoms with Gasteiger partial charge in [0, 0.05) is 25.4 Å². The fraction of sp³-hybridized carbons (Fsp3) is 0.917. The van der Waals surface area contributed by atoms with E-state index in [2.05, 4.69) is 5.32 Å². The van der Waals surface area contributed by atoms with Gasteiger partial charge in [-0.15, -0.1) is 4.65 Å². The summed E-state index contributed by atoms with van der Waals surface area (Å²) >= 11 is 0. The first-order chi connectivity index (χ1) is 8.69. The molecule has 1 saturated heterocycles. The van der Waals surface area contributed by atoms with Crippen molar-refractivity contribution >= 4 is 5.97 Å². The van der Waals surface area contributed by atoms with Crippen molar-refractivity contribution in [3.05, 3.63) is 0 Å². The Morgan fingerprint density at radius 3 is 2.37 bits per heavy atom. The Labute approximate surface area is 111 Å². The van der Waals surface area contributed by atoms with Gasteiger partial charge < -0.3 is 5.32 Å². The van der Waals surface area contributed by atoms with Crippen LogP contribution < -0.4 is 5.32 Å². The first-order valence-corrected chi connectivity index (χ1v) is 6.57. The fourth-order valence-electron chi connectivity index (χ4n) is 2.32. The second-order valence-corrected chi connectivity index (χ2v) is 5.36. The third-order valence-electron chi connectivity index (χ3n) is 3.76. The molecular formula is C12H22F3N2O2+. The van der Waals surface area contributed by atoms with E-state index in [4.69, 9.17) is 4.84 Å². The zero-order valence-electron chi connectivity index (χ0n) is 11.6. The molecule has 1 fully saturated rings. The molecule has 2 unspecified atom stereocenters. The Morgan fingerprint density at radius 2 is 1.84 bits per heavy atom. The second-order valence-electron chi connectivity index (χ2n) is 5.36. The minimum Gasteiger partial charge on any atom is -0.311 e. The molecule has 0 aromatic carbocycles. The molecule has 1 N–H and O–H groups in total. The van der Waals surface area contributed by atoms with Crippen LogP contribution in [0.1, 0.15) is 27.2 Å². The third-order valence-corrected chi connectivity index (χ3v) is 3.76. The molecule has 1 rings (SSSR count). The van der Waals surface area contributed by atoms with Gasteiger partial charge in [-0.3, -0.25) is 4.84 Å². The van der Waals surface area contributed by atoms with E-state index in [1.807, 2.05) is 20.8 Å². The smallest absolute Gasteiger partial charge is 0.311 e. The summed E-state index contributed by atoms with van der Waals surface area (Å²) in [7, 11) is 0. The minimum absolute atomic E-state index is 0.124. The van der Waals surface area contributed by atoms with Crippen LogP contribution in [0.3, 0.4) is 0 Å². The maximum Gasteiger partial charge on any atom is 0.497 e. The molecule has 0 saturated carbocycles. The monoisotopic (exact) mass is 283 g/mol. The van der Waals surface area contributed by atoms with Gasteiger partial charge in [0.15, 0.2) is 0 Å². The lowest BCUT2D eigenvalue weighted by Gasteiger charge is -2.40.